The van der Waals surface area contributed by atoms with Gasteiger partial charge in [-0.2, -0.15) is 0 Å². The molecule has 1 aromatic heterocycles. The fourth-order valence-electron chi connectivity index (χ4n) is 4.26. The molecule has 1 N–H and O–H groups in total. The van der Waals surface area contributed by atoms with Crippen molar-refractivity contribution in [3.63, 3.8) is 0 Å². The second-order valence-electron chi connectivity index (χ2n) is 8.61. The van der Waals surface area contributed by atoms with Gasteiger partial charge in [0.25, 0.3) is 0 Å². The number of methoxy groups -OCH3 is 1. The fraction of sp³-hybridized carbons (Fsp3) is 0.222. The smallest absolute Gasteiger partial charge is 0.213 e. The summed E-state index contributed by atoms with van der Waals surface area (Å²) in [6, 6.07) is 14.8. The zero-order chi connectivity index (χ0) is 23.1. The monoisotopic (exact) mass is 453 g/mol. The molecule has 2 heterocycles. The summed E-state index contributed by atoms with van der Waals surface area (Å²) in [7, 11) is 1.60. The standard InChI is InChI=1S/C27H24FN5O/c1-34-27-13-10-19(16-29-27)31-22-14-24-26(15-23(22)30-18-8-9-18)33(20-11-6-17(28)7-12-20)25-5-3-2-4-21(25)32-24/h4-7,10-16,18,31H,2-3,8-9H2,1H3. The van der Waals surface area contributed by atoms with E-state index in [0.29, 0.717) is 11.9 Å². The van der Waals surface area contributed by atoms with Crippen LogP contribution < -0.4 is 26.1 Å². The highest BCUT2D eigenvalue weighted by Crippen LogP contribution is 2.27. The number of pyridine rings is 1. The molecule has 4 aliphatic rings. The van der Waals surface area contributed by atoms with E-state index in [1.54, 1.807) is 13.3 Å². The molecule has 0 bridgehead atoms. The lowest BCUT2D eigenvalue weighted by Crippen LogP contribution is -2.40. The third-order valence-corrected chi connectivity index (χ3v) is 6.10. The first-order valence-corrected chi connectivity index (χ1v) is 11.5. The molecule has 0 spiro atoms. The summed E-state index contributed by atoms with van der Waals surface area (Å²) in [5.41, 5.74) is 4.40. The first kappa shape index (κ1) is 20.6. The molecule has 0 atom stereocenters. The quantitative estimate of drug-likeness (QED) is 0.501. The Balaban J connectivity index is 1.59. The summed E-state index contributed by atoms with van der Waals surface area (Å²) < 4.78 is 21.0. The summed E-state index contributed by atoms with van der Waals surface area (Å²) in [4.78, 5) is 14.3. The first-order valence-electron chi connectivity index (χ1n) is 11.5. The number of hydrogen-bond acceptors (Lipinski definition) is 5. The molecular weight excluding hydrogens is 429 g/mol. The number of halogens is 1. The lowest BCUT2D eigenvalue weighted by molar-refractivity contribution is 0.398. The maximum absolute atomic E-state index is 13.7. The molecule has 1 aliphatic heterocycles. The number of nitrogens with one attached hydrogen (secondary N) is 1. The molecular formula is C27H24FN5O. The molecule has 3 aliphatic carbocycles. The molecule has 1 aromatic carbocycles. The number of anilines is 2. The molecule has 0 amide bonds. The van der Waals surface area contributed by atoms with Crippen molar-refractivity contribution in [2.24, 2.45) is 4.99 Å². The van der Waals surface area contributed by atoms with E-state index >= 15 is 0 Å². The van der Waals surface area contributed by atoms with E-state index < -0.39 is 0 Å². The number of aromatic nitrogens is 3. The second kappa shape index (κ2) is 8.41. The molecule has 0 unspecified atom stereocenters. The van der Waals surface area contributed by atoms with Crippen LogP contribution in [-0.2, 0) is 0 Å². The highest BCUT2D eigenvalue weighted by atomic mass is 19.1. The minimum atomic E-state index is -0.254. The number of hydrogen-bond donors (Lipinski definition) is 1. The Hall–Kier alpha value is -4.00. The summed E-state index contributed by atoms with van der Waals surface area (Å²) in [6.07, 6.45) is 10.2. The normalized spacial score (nSPS) is 15.4. The van der Waals surface area contributed by atoms with Gasteiger partial charge in [-0.05, 0) is 68.1 Å². The van der Waals surface area contributed by atoms with Crippen LogP contribution in [0.2, 0.25) is 0 Å². The average molecular weight is 454 g/mol. The molecule has 0 radical (unpaired) electrons. The van der Waals surface area contributed by atoms with Crippen molar-refractivity contribution in [2.75, 3.05) is 12.4 Å². The Labute approximate surface area is 196 Å². The van der Waals surface area contributed by atoms with Crippen LogP contribution in [0.4, 0.5) is 15.8 Å². The highest BCUT2D eigenvalue weighted by molar-refractivity contribution is 5.70. The summed E-state index contributed by atoms with van der Waals surface area (Å²) >= 11 is 0. The Morgan fingerprint density at radius 3 is 2.62 bits per heavy atom. The SMILES string of the molecule is COc1ccc(Nc2cc3nc4c(n(-c5ccc(F)cc5)c-3cc2=NC2CC2)=CCCC=4)cn1. The number of ether oxygens (including phenoxy) is 1. The van der Waals surface area contributed by atoms with E-state index in [4.69, 9.17) is 14.7 Å². The third kappa shape index (κ3) is 3.94. The van der Waals surface area contributed by atoms with Crippen LogP contribution in [-0.4, -0.2) is 27.7 Å². The number of rotatable bonds is 5. The van der Waals surface area contributed by atoms with Crippen molar-refractivity contribution in [2.45, 2.75) is 31.7 Å². The van der Waals surface area contributed by atoms with Crippen molar-refractivity contribution in [3.05, 3.63) is 76.6 Å². The van der Waals surface area contributed by atoms with Gasteiger partial charge in [-0.25, -0.2) is 14.4 Å². The topological polar surface area (TPSA) is 64.3 Å². The predicted octanol–water partition coefficient (Wildman–Crippen LogP) is 3.68. The number of benzene rings is 2. The van der Waals surface area contributed by atoms with Crippen LogP contribution in [0.1, 0.15) is 25.7 Å². The molecule has 1 saturated carbocycles. The predicted molar refractivity (Wildman–Crippen MR) is 130 cm³/mol. The molecule has 2 aromatic rings. The Morgan fingerprint density at radius 1 is 1.06 bits per heavy atom. The maximum Gasteiger partial charge on any atom is 0.213 e. The Morgan fingerprint density at radius 2 is 1.88 bits per heavy atom. The third-order valence-electron chi connectivity index (χ3n) is 6.10. The van der Waals surface area contributed by atoms with Gasteiger partial charge >= 0.3 is 0 Å². The molecule has 7 heteroatoms. The van der Waals surface area contributed by atoms with Crippen molar-refractivity contribution < 1.29 is 9.13 Å². The fourth-order valence-corrected chi connectivity index (χ4v) is 4.26. The molecule has 170 valence electrons. The maximum atomic E-state index is 13.7. The van der Waals surface area contributed by atoms with E-state index in [9.17, 15) is 4.39 Å². The largest absolute Gasteiger partial charge is 0.481 e. The molecule has 34 heavy (non-hydrogen) atoms. The van der Waals surface area contributed by atoms with Gasteiger partial charge in [0.2, 0.25) is 5.88 Å². The molecule has 1 fully saturated rings. The minimum Gasteiger partial charge on any atom is -0.481 e. The van der Waals surface area contributed by atoms with Crippen molar-refractivity contribution in [3.8, 4) is 23.0 Å². The van der Waals surface area contributed by atoms with Crippen LogP contribution in [0.5, 0.6) is 5.88 Å². The lowest BCUT2D eigenvalue weighted by Gasteiger charge is -2.20. The van der Waals surface area contributed by atoms with Crippen LogP contribution >= 0.6 is 0 Å². The van der Waals surface area contributed by atoms with E-state index in [0.717, 1.165) is 70.2 Å². The minimum absolute atomic E-state index is 0.254. The Kier molecular flexibility index (Phi) is 5.09. The van der Waals surface area contributed by atoms with Crippen molar-refractivity contribution in [1.82, 2.24) is 14.5 Å². The number of fused-ring (bicyclic) bond motifs is 2. The first-order chi connectivity index (χ1) is 16.7. The van der Waals surface area contributed by atoms with E-state index in [2.05, 4.69) is 33.1 Å². The highest BCUT2D eigenvalue weighted by Gasteiger charge is 2.21. The van der Waals surface area contributed by atoms with Gasteiger partial charge in [0.15, 0.2) is 0 Å². The second-order valence-corrected chi connectivity index (χ2v) is 8.61. The summed E-state index contributed by atoms with van der Waals surface area (Å²) in [6.45, 7) is 0. The van der Waals surface area contributed by atoms with Gasteiger partial charge in [-0.15, -0.1) is 0 Å². The van der Waals surface area contributed by atoms with Gasteiger partial charge < -0.3 is 14.6 Å². The number of nitrogens with zero attached hydrogens (tertiary/aromatic N) is 4. The van der Waals surface area contributed by atoms with Crippen LogP contribution in [0, 0.1) is 5.82 Å². The van der Waals surface area contributed by atoms with Gasteiger partial charge in [-0.3, -0.25) is 4.99 Å². The summed E-state index contributed by atoms with van der Waals surface area (Å²) in [5, 5.41) is 6.31. The summed E-state index contributed by atoms with van der Waals surface area (Å²) in [5.74, 6) is 0.309. The molecule has 6 nitrogen and oxygen atoms in total. The zero-order valence-electron chi connectivity index (χ0n) is 18.8. The van der Waals surface area contributed by atoms with E-state index in [1.165, 1.54) is 12.1 Å². The van der Waals surface area contributed by atoms with Crippen molar-refractivity contribution >= 4 is 23.5 Å². The van der Waals surface area contributed by atoms with Gasteiger partial charge in [0, 0.05) is 11.8 Å². The van der Waals surface area contributed by atoms with Gasteiger partial charge in [0.05, 0.1) is 58.2 Å². The Bertz CT molecular complexity index is 1520. The van der Waals surface area contributed by atoms with Crippen LogP contribution in [0.25, 0.3) is 29.2 Å². The van der Waals surface area contributed by atoms with E-state index in [1.807, 2.05) is 30.3 Å². The molecule has 6 rings (SSSR count). The van der Waals surface area contributed by atoms with Crippen LogP contribution in [0.3, 0.4) is 0 Å². The van der Waals surface area contributed by atoms with Crippen molar-refractivity contribution in [1.29, 1.82) is 0 Å². The molecule has 0 saturated heterocycles. The van der Waals surface area contributed by atoms with Crippen LogP contribution in [0.15, 0.2) is 59.7 Å². The van der Waals surface area contributed by atoms with Gasteiger partial charge in [0.1, 0.15) is 5.82 Å². The average Bonchev–Trinajstić information content (AvgIpc) is 3.68. The zero-order valence-corrected chi connectivity index (χ0v) is 18.8. The lowest BCUT2D eigenvalue weighted by atomic mass is 10.1. The van der Waals surface area contributed by atoms with Gasteiger partial charge in [-0.1, -0.05) is 12.2 Å². The van der Waals surface area contributed by atoms with E-state index in [-0.39, 0.29) is 5.82 Å².